The van der Waals surface area contributed by atoms with Crippen LogP contribution in [0.25, 0.3) is 0 Å². The van der Waals surface area contributed by atoms with Crippen molar-refractivity contribution in [1.29, 1.82) is 0 Å². The first-order valence-corrected chi connectivity index (χ1v) is 9.71. The molecule has 0 aliphatic carbocycles. The van der Waals surface area contributed by atoms with E-state index in [-0.39, 0.29) is 17.7 Å². The van der Waals surface area contributed by atoms with Gasteiger partial charge in [-0.1, -0.05) is 30.3 Å². The van der Waals surface area contributed by atoms with E-state index < -0.39 is 0 Å². The Kier molecular flexibility index (Phi) is 6.66. The van der Waals surface area contributed by atoms with E-state index in [0.717, 1.165) is 30.6 Å². The molecular weight excluding hydrogens is 354 g/mol. The largest absolute Gasteiger partial charge is 0.493 e. The molecule has 28 heavy (non-hydrogen) atoms. The Morgan fingerprint density at radius 3 is 2.71 bits per heavy atom. The Morgan fingerprint density at radius 2 is 1.93 bits per heavy atom. The number of primary amides is 1. The van der Waals surface area contributed by atoms with Crippen LogP contribution in [0.15, 0.2) is 48.5 Å². The van der Waals surface area contributed by atoms with Crippen molar-refractivity contribution in [2.75, 3.05) is 25.0 Å². The van der Waals surface area contributed by atoms with Crippen LogP contribution in [0.2, 0.25) is 0 Å². The molecule has 1 fully saturated rings. The lowest BCUT2D eigenvalue weighted by Crippen LogP contribution is -2.40. The molecular formula is C22H27N3O3. The van der Waals surface area contributed by atoms with Gasteiger partial charge in [0.05, 0.1) is 18.1 Å². The van der Waals surface area contributed by atoms with Gasteiger partial charge in [0, 0.05) is 18.8 Å². The zero-order chi connectivity index (χ0) is 19.9. The van der Waals surface area contributed by atoms with E-state index in [9.17, 15) is 9.59 Å². The van der Waals surface area contributed by atoms with Crippen LogP contribution < -0.4 is 15.8 Å². The molecule has 0 radical (unpaired) electrons. The van der Waals surface area contributed by atoms with E-state index in [0.29, 0.717) is 31.0 Å². The van der Waals surface area contributed by atoms with Crippen LogP contribution in [0.5, 0.6) is 5.75 Å². The number of benzene rings is 2. The first-order chi connectivity index (χ1) is 13.6. The number of rotatable bonds is 7. The van der Waals surface area contributed by atoms with Crippen LogP contribution in [-0.2, 0) is 11.3 Å². The van der Waals surface area contributed by atoms with Gasteiger partial charge in [0.2, 0.25) is 5.91 Å². The summed E-state index contributed by atoms with van der Waals surface area (Å²) in [5.74, 6) is 0.0258. The zero-order valence-electron chi connectivity index (χ0n) is 16.2. The second-order valence-corrected chi connectivity index (χ2v) is 7.02. The fourth-order valence-corrected chi connectivity index (χ4v) is 3.58. The number of likely N-dealkylation sites (tertiary alicyclic amines) is 1. The predicted octanol–water partition coefficient (Wildman–Crippen LogP) is 3.03. The number of nitrogens with two attached hydrogens (primary N) is 1. The van der Waals surface area contributed by atoms with Crippen molar-refractivity contribution in [1.82, 2.24) is 4.90 Å². The molecule has 0 aromatic heterocycles. The topological polar surface area (TPSA) is 84.7 Å². The van der Waals surface area contributed by atoms with Gasteiger partial charge in [0.25, 0.3) is 5.91 Å². The predicted molar refractivity (Wildman–Crippen MR) is 109 cm³/mol. The van der Waals surface area contributed by atoms with Gasteiger partial charge in [-0.15, -0.1) is 0 Å². The van der Waals surface area contributed by atoms with Crippen molar-refractivity contribution < 1.29 is 14.3 Å². The Hall–Kier alpha value is -2.86. The number of carbonyl (C=O) groups is 2. The standard InChI is InChI=1S/C22H27N3O3/c1-2-28-20-12-6-4-10-18(20)22(27)24-19-11-5-3-8-16(19)14-25-13-7-9-17(15-25)21(23)26/h3-6,8,10-12,17H,2,7,9,13-15H2,1H3,(H2,23,26)(H,24,27). The summed E-state index contributed by atoms with van der Waals surface area (Å²) >= 11 is 0. The van der Waals surface area contributed by atoms with Crippen LogP contribution in [0.3, 0.4) is 0 Å². The summed E-state index contributed by atoms with van der Waals surface area (Å²) in [6, 6.07) is 15.0. The number of para-hydroxylation sites is 2. The Morgan fingerprint density at radius 1 is 1.18 bits per heavy atom. The average Bonchev–Trinajstić information content (AvgIpc) is 2.70. The van der Waals surface area contributed by atoms with E-state index in [2.05, 4.69) is 10.2 Å². The van der Waals surface area contributed by atoms with Crippen LogP contribution >= 0.6 is 0 Å². The summed E-state index contributed by atoms with van der Waals surface area (Å²) in [5, 5.41) is 3.01. The number of hydrogen-bond acceptors (Lipinski definition) is 4. The maximum Gasteiger partial charge on any atom is 0.259 e. The Balaban J connectivity index is 1.74. The van der Waals surface area contributed by atoms with Gasteiger partial charge in [-0.05, 0) is 50.1 Å². The molecule has 1 aliphatic heterocycles. The van der Waals surface area contributed by atoms with Crippen LogP contribution in [0.4, 0.5) is 5.69 Å². The molecule has 148 valence electrons. The molecule has 6 heteroatoms. The van der Waals surface area contributed by atoms with Crippen LogP contribution in [0, 0.1) is 5.92 Å². The van der Waals surface area contributed by atoms with E-state index in [4.69, 9.17) is 10.5 Å². The number of hydrogen-bond donors (Lipinski definition) is 2. The maximum atomic E-state index is 12.8. The molecule has 3 N–H and O–H groups in total. The number of anilines is 1. The second kappa shape index (κ2) is 9.37. The number of ether oxygens (including phenoxy) is 1. The number of nitrogens with one attached hydrogen (secondary N) is 1. The van der Waals surface area contributed by atoms with E-state index in [1.165, 1.54) is 0 Å². The lowest BCUT2D eigenvalue weighted by atomic mass is 9.97. The Labute approximate surface area is 165 Å². The number of amides is 2. The number of carbonyl (C=O) groups excluding carboxylic acids is 2. The van der Waals surface area contributed by atoms with Gasteiger partial charge in [0.15, 0.2) is 0 Å². The molecule has 0 spiro atoms. The lowest BCUT2D eigenvalue weighted by Gasteiger charge is -2.31. The molecule has 2 amide bonds. The monoisotopic (exact) mass is 381 g/mol. The molecule has 3 rings (SSSR count). The van der Waals surface area contributed by atoms with Crippen molar-refractivity contribution in [2.24, 2.45) is 11.7 Å². The fraction of sp³-hybridized carbons (Fsp3) is 0.364. The summed E-state index contributed by atoms with van der Waals surface area (Å²) in [6.07, 6.45) is 1.79. The smallest absolute Gasteiger partial charge is 0.259 e. The van der Waals surface area contributed by atoms with Crippen molar-refractivity contribution in [2.45, 2.75) is 26.3 Å². The fourth-order valence-electron chi connectivity index (χ4n) is 3.58. The van der Waals surface area contributed by atoms with Gasteiger partial charge in [-0.3, -0.25) is 14.5 Å². The van der Waals surface area contributed by atoms with Crippen LogP contribution in [0.1, 0.15) is 35.7 Å². The van der Waals surface area contributed by atoms with Crippen molar-refractivity contribution in [3.8, 4) is 5.75 Å². The highest BCUT2D eigenvalue weighted by atomic mass is 16.5. The third-order valence-electron chi connectivity index (χ3n) is 5.00. The van der Waals surface area contributed by atoms with E-state index in [1.807, 2.05) is 43.3 Å². The first-order valence-electron chi connectivity index (χ1n) is 9.71. The Bertz CT molecular complexity index is 837. The van der Waals surface area contributed by atoms with Crippen molar-refractivity contribution in [3.05, 3.63) is 59.7 Å². The summed E-state index contributed by atoms with van der Waals surface area (Å²) in [6.45, 7) is 4.62. The van der Waals surface area contributed by atoms with Gasteiger partial charge < -0.3 is 15.8 Å². The molecule has 1 unspecified atom stereocenters. The zero-order valence-corrected chi connectivity index (χ0v) is 16.2. The van der Waals surface area contributed by atoms with E-state index >= 15 is 0 Å². The third kappa shape index (κ3) is 4.89. The van der Waals surface area contributed by atoms with Gasteiger partial charge >= 0.3 is 0 Å². The molecule has 1 heterocycles. The first kappa shape index (κ1) is 19.9. The molecule has 1 aliphatic rings. The summed E-state index contributed by atoms with van der Waals surface area (Å²) < 4.78 is 5.57. The normalized spacial score (nSPS) is 17.1. The molecule has 2 aromatic rings. The minimum absolute atomic E-state index is 0.103. The van der Waals surface area contributed by atoms with E-state index in [1.54, 1.807) is 12.1 Å². The molecule has 1 atom stereocenters. The molecule has 0 bridgehead atoms. The maximum absolute atomic E-state index is 12.8. The summed E-state index contributed by atoms with van der Waals surface area (Å²) in [7, 11) is 0. The minimum atomic E-state index is -0.237. The molecule has 2 aromatic carbocycles. The second-order valence-electron chi connectivity index (χ2n) is 7.02. The highest BCUT2D eigenvalue weighted by molar-refractivity contribution is 6.06. The minimum Gasteiger partial charge on any atom is -0.493 e. The van der Waals surface area contributed by atoms with Gasteiger partial charge in [0.1, 0.15) is 5.75 Å². The third-order valence-corrected chi connectivity index (χ3v) is 5.00. The van der Waals surface area contributed by atoms with Crippen LogP contribution in [-0.4, -0.2) is 36.4 Å². The number of piperidine rings is 1. The highest BCUT2D eigenvalue weighted by Crippen LogP contribution is 2.24. The molecule has 6 nitrogen and oxygen atoms in total. The highest BCUT2D eigenvalue weighted by Gasteiger charge is 2.24. The summed E-state index contributed by atoms with van der Waals surface area (Å²) in [5.41, 5.74) is 7.77. The van der Waals surface area contributed by atoms with Gasteiger partial charge in [-0.2, -0.15) is 0 Å². The summed E-state index contributed by atoms with van der Waals surface area (Å²) in [4.78, 5) is 26.6. The van der Waals surface area contributed by atoms with Crippen molar-refractivity contribution >= 4 is 17.5 Å². The lowest BCUT2D eigenvalue weighted by molar-refractivity contribution is -0.123. The quantitative estimate of drug-likeness (QED) is 0.772. The molecule has 1 saturated heterocycles. The average molecular weight is 381 g/mol. The number of nitrogens with zero attached hydrogens (tertiary/aromatic N) is 1. The molecule has 0 saturated carbocycles. The van der Waals surface area contributed by atoms with Crippen molar-refractivity contribution in [3.63, 3.8) is 0 Å². The van der Waals surface area contributed by atoms with Gasteiger partial charge in [-0.25, -0.2) is 0 Å². The SMILES string of the molecule is CCOc1ccccc1C(=O)Nc1ccccc1CN1CCCC(C(N)=O)C1.